The van der Waals surface area contributed by atoms with E-state index < -0.39 is 22.5 Å². The van der Waals surface area contributed by atoms with Crippen molar-refractivity contribution in [3.63, 3.8) is 0 Å². The predicted octanol–water partition coefficient (Wildman–Crippen LogP) is 3.06. The summed E-state index contributed by atoms with van der Waals surface area (Å²) in [5.74, 6) is -0.345. The van der Waals surface area contributed by atoms with Crippen LogP contribution in [0.5, 0.6) is 0 Å². The lowest BCUT2D eigenvalue weighted by Crippen LogP contribution is -2.31. The highest BCUT2D eigenvalue weighted by Gasteiger charge is 2.12. The fraction of sp³-hybridized carbons (Fsp3) is 0.333. The first-order valence-corrected chi connectivity index (χ1v) is 16.1. The maximum atomic E-state index is 12.5. The van der Waals surface area contributed by atoms with Gasteiger partial charge in [0.1, 0.15) is 23.1 Å². The number of hydrogen-bond acceptors (Lipinski definition) is 10. The molecule has 0 radical (unpaired) electrons. The van der Waals surface area contributed by atoms with Crippen LogP contribution in [0.4, 0.5) is 11.4 Å². The zero-order valence-corrected chi connectivity index (χ0v) is 27.9. The Bertz CT molecular complexity index is 1980. The Morgan fingerprint density at radius 1 is 0.520 bits per heavy atom. The molecule has 0 saturated carbocycles. The van der Waals surface area contributed by atoms with Crippen LogP contribution >= 0.6 is 0 Å². The molecule has 50 heavy (non-hydrogen) atoms. The summed E-state index contributed by atoms with van der Waals surface area (Å²) in [5.41, 5.74) is 1.17. The molecule has 0 spiro atoms. The average molecular weight is 683 g/mol. The van der Waals surface area contributed by atoms with Gasteiger partial charge in [-0.05, 0) is 48.2 Å². The first-order chi connectivity index (χ1) is 23.9. The Morgan fingerprint density at radius 3 is 1.18 bits per heavy atom. The molecule has 0 amide bonds. The van der Waals surface area contributed by atoms with Crippen molar-refractivity contribution in [1.29, 1.82) is 0 Å². The van der Waals surface area contributed by atoms with Crippen molar-refractivity contribution >= 4 is 34.5 Å². The van der Waals surface area contributed by atoms with E-state index in [2.05, 4.69) is 20.2 Å². The normalized spacial score (nSPS) is 11.2. The summed E-state index contributed by atoms with van der Waals surface area (Å²) >= 11 is 0. The van der Waals surface area contributed by atoms with E-state index in [-0.39, 0.29) is 74.5 Å². The van der Waals surface area contributed by atoms with E-state index in [1.165, 1.54) is 35.4 Å². The van der Waals surface area contributed by atoms with E-state index in [1.54, 1.807) is 48.5 Å². The molecule has 2 aromatic carbocycles. The minimum Gasteiger partial charge on any atom is -0.300 e. The fourth-order valence-corrected chi connectivity index (χ4v) is 5.20. The number of nitrogens with one attached hydrogen (secondary N) is 2. The zero-order chi connectivity index (χ0) is 36.2. The smallest absolute Gasteiger partial charge is 0.300 e. The number of rotatable bonds is 18. The van der Waals surface area contributed by atoms with Gasteiger partial charge in [-0.1, -0.05) is 24.3 Å². The predicted molar refractivity (Wildman–Crippen MR) is 184 cm³/mol. The second kappa shape index (κ2) is 17.5. The van der Waals surface area contributed by atoms with Gasteiger partial charge in [0.2, 0.25) is 0 Å². The summed E-state index contributed by atoms with van der Waals surface area (Å²) in [4.78, 5) is 100. The molecule has 0 atom stereocenters. The Labute approximate surface area is 285 Å². The summed E-state index contributed by atoms with van der Waals surface area (Å²) in [6, 6.07) is 16.6. The maximum Gasteiger partial charge on any atom is 0.328 e. The number of aromatic amines is 2. The van der Waals surface area contributed by atoms with Crippen molar-refractivity contribution in [2.24, 2.45) is 24.3 Å². The van der Waals surface area contributed by atoms with E-state index in [9.17, 15) is 38.4 Å². The topological polar surface area (TPSA) is 203 Å². The van der Waals surface area contributed by atoms with Crippen LogP contribution in [0.1, 0.15) is 61.0 Å². The standard InChI is InChI=1S/C36H38N6O8/c1-41-27(21-33(47)37-35(41)49)19-31(45)7-3-5-29(43)17-23-9-13-25(14-10-23)39-40-26-15-11-24(12-16-26)18-30(44)6-4-8-32(46)20-28-22-34(48)38-36(50)42(28)2/h9-16,21-22H,3-8,17-20H2,1-2H3,(H,37,47,49)(H,38,48,50). The number of H-pyrrole nitrogens is 2. The number of benzene rings is 2. The Balaban J connectivity index is 1.15. The van der Waals surface area contributed by atoms with Gasteiger partial charge in [-0.15, -0.1) is 0 Å². The number of aromatic nitrogens is 4. The Morgan fingerprint density at radius 2 is 0.840 bits per heavy atom. The van der Waals surface area contributed by atoms with Crippen LogP contribution < -0.4 is 22.5 Å². The van der Waals surface area contributed by atoms with E-state index in [4.69, 9.17) is 0 Å². The van der Waals surface area contributed by atoms with E-state index >= 15 is 0 Å². The van der Waals surface area contributed by atoms with Crippen LogP contribution in [0, 0.1) is 0 Å². The molecule has 0 fully saturated rings. The van der Waals surface area contributed by atoms with Crippen LogP contribution in [0.2, 0.25) is 0 Å². The molecule has 2 aromatic heterocycles. The molecule has 0 aliphatic carbocycles. The fourth-order valence-electron chi connectivity index (χ4n) is 5.20. The van der Waals surface area contributed by atoms with Gasteiger partial charge < -0.3 is 9.13 Å². The third-order valence-electron chi connectivity index (χ3n) is 8.06. The van der Waals surface area contributed by atoms with Crippen LogP contribution in [0.15, 0.2) is 90.1 Å². The van der Waals surface area contributed by atoms with Crippen LogP contribution in [0.25, 0.3) is 0 Å². The third kappa shape index (κ3) is 11.4. The zero-order valence-electron chi connectivity index (χ0n) is 27.9. The lowest BCUT2D eigenvalue weighted by atomic mass is 10.0. The molecule has 14 nitrogen and oxygen atoms in total. The number of hydrogen-bond donors (Lipinski definition) is 2. The minimum atomic E-state index is -0.581. The number of Topliss-reactive ketones (excluding diaryl/α,β-unsaturated/α-hetero) is 4. The summed E-state index contributed by atoms with van der Waals surface area (Å²) < 4.78 is 2.44. The summed E-state index contributed by atoms with van der Waals surface area (Å²) in [6.45, 7) is 0. The van der Waals surface area contributed by atoms with E-state index in [0.29, 0.717) is 35.6 Å². The van der Waals surface area contributed by atoms with Gasteiger partial charge in [-0.3, -0.25) is 38.7 Å². The molecule has 0 unspecified atom stereocenters. The van der Waals surface area contributed by atoms with Crippen molar-refractivity contribution in [2.45, 2.75) is 64.2 Å². The highest BCUT2D eigenvalue weighted by molar-refractivity contribution is 5.84. The lowest BCUT2D eigenvalue weighted by molar-refractivity contribution is -0.121. The molecule has 260 valence electrons. The number of carbonyl (C=O) groups is 4. The SMILES string of the molecule is Cn1c(CC(=O)CCCC(=O)Cc2ccc(N=Nc3ccc(CC(=O)CCCC(=O)Cc4cc(=O)[nH]c(=O)n4C)cc3)cc2)cc(=O)[nH]c1=O. The van der Waals surface area contributed by atoms with Gasteiger partial charge in [0.15, 0.2) is 0 Å². The maximum absolute atomic E-state index is 12.5. The molecule has 2 N–H and O–H groups in total. The average Bonchev–Trinajstić information content (AvgIpc) is 3.06. The molecule has 2 heterocycles. The number of azo groups is 1. The molecule has 14 heteroatoms. The number of ketones is 4. The van der Waals surface area contributed by atoms with E-state index in [1.807, 2.05) is 0 Å². The van der Waals surface area contributed by atoms with Crippen LogP contribution in [-0.2, 0) is 59.0 Å². The molecule has 0 bridgehead atoms. The summed E-state index contributed by atoms with van der Waals surface area (Å²) in [5, 5.41) is 8.47. The Kier molecular flexibility index (Phi) is 12.9. The van der Waals surface area contributed by atoms with Gasteiger partial charge in [0, 0.05) is 89.0 Å². The Hall–Kier alpha value is -5.92. The van der Waals surface area contributed by atoms with Crippen molar-refractivity contribution in [3.05, 3.63) is 125 Å². The van der Waals surface area contributed by atoms with Gasteiger partial charge in [0.05, 0.1) is 11.4 Å². The minimum absolute atomic E-state index is 0.0150. The molecule has 0 aliphatic heterocycles. The van der Waals surface area contributed by atoms with Crippen molar-refractivity contribution in [2.75, 3.05) is 0 Å². The molecule has 4 rings (SSSR count). The molecule has 4 aromatic rings. The molecular formula is C36H38N6O8. The first-order valence-electron chi connectivity index (χ1n) is 16.1. The third-order valence-corrected chi connectivity index (χ3v) is 8.06. The van der Waals surface area contributed by atoms with Gasteiger partial charge in [-0.25, -0.2) is 9.59 Å². The van der Waals surface area contributed by atoms with Crippen LogP contribution in [0.3, 0.4) is 0 Å². The van der Waals surface area contributed by atoms with Gasteiger partial charge in [0.25, 0.3) is 11.1 Å². The molecule has 0 saturated heterocycles. The highest BCUT2D eigenvalue weighted by Crippen LogP contribution is 2.20. The summed E-state index contributed by atoms with van der Waals surface area (Å²) in [6.07, 6.45) is 1.85. The quantitative estimate of drug-likeness (QED) is 0.149. The van der Waals surface area contributed by atoms with Crippen molar-refractivity contribution in [3.8, 4) is 0 Å². The number of carbonyl (C=O) groups excluding carboxylic acids is 4. The largest absolute Gasteiger partial charge is 0.328 e. The second-order valence-electron chi connectivity index (χ2n) is 12.1. The van der Waals surface area contributed by atoms with Gasteiger partial charge in [-0.2, -0.15) is 10.2 Å². The lowest BCUT2D eigenvalue weighted by Gasteiger charge is -2.06. The molecule has 0 aliphatic rings. The van der Waals surface area contributed by atoms with E-state index in [0.717, 1.165) is 11.1 Å². The first kappa shape index (κ1) is 36.9. The van der Waals surface area contributed by atoms with Crippen LogP contribution in [-0.4, -0.2) is 42.2 Å². The summed E-state index contributed by atoms with van der Waals surface area (Å²) in [7, 11) is 2.96. The van der Waals surface area contributed by atoms with Crippen molar-refractivity contribution < 1.29 is 19.2 Å². The monoisotopic (exact) mass is 682 g/mol. The van der Waals surface area contributed by atoms with Crippen molar-refractivity contribution in [1.82, 2.24) is 19.1 Å². The van der Waals surface area contributed by atoms with Gasteiger partial charge >= 0.3 is 11.4 Å². The molecular weight excluding hydrogens is 644 g/mol. The number of nitrogens with zero attached hydrogens (tertiary/aromatic N) is 4. The second-order valence-corrected chi connectivity index (χ2v) is 12.1. The highest BCUT2D eigenvalue weighted by atomic mass is 16.2.